The number of thiophene rings is 1. The van der Waals surface area contributed by atoms with Crippen LogP contribution in [-0.2, 0) is 16.6 Å². The van der Waals surface area contributed by atoms with E-state index in [1.54, 1.807) is 27.2 Å². The molecule has 0 aliphatic rings. The van der Waals surface area contributed by atoms with Crippen molar-refractivity contribution in [3.63, 3.8) is 0 Å². The minimum absolute atomic E-state index is 0.0821. The van der Waals surface area contributed by atoms with Crippen LogP contribution in [0, 0.1) is 0 Å². The first kappa shape index (κ1) is 26.2. The molecule has 0 spiro atoms. The Morgan fingerprint density at radius 1 is 1.03 bits per heavy atom. The molecular formula is C26H26N4O5S2. The molecule has 2 aromatic heterocycles. The molecule has 4 rings (SSSR count). The van der Waals surface area contributed by atoms with Crippen molar-refractivity contribution in [2.75, 3.05) is 31.9 Å². The van der Waals surface area contributed by atoms with Crippen LogP contribution in [0.3, 0.4) is 0 Å². The summed E-state index contributed by atoms with van der Waals surface area (Å²) in [6, 6.07) is 15.0. The van der Waals surface area contributed by atoms with E-state index in [-0.39, 0.29) is 18.3 Å². The number of nitrogens with zero attached hydrogens (tertiary/aromatic N) is 3. The van der Waals surface area contributed by atoms with Crippen LogP contribution in [0.5, 0.6) is 11.5 Å². The molecule has 2 aromatic carbocycles. The van der Waals surface area contributed by atoms with Gasteiger partial charge in [-0.2, -0.15) is 0 Å². The lowest BCUT2D eigenvalue weighted by Gasteiger charge is -2.10. The summed E-state index contributed by atoms with van der Waals surface area (Å²) in [5.41, 5.74) is 2.75. The molecule has 4 aromatic rings. The van der Waals surface area contributed by atoms with Gasteiger partial charge in [0.2, 0.25) is 5.91 Å². The number of anilines is 1. The maximum Gasteiger partial charge on any atom is 0.341 e. The van der Waals surface area contributed by atoms with Gasteiger partial charge in [0.25, 0.3) is 0 Å². The third-order valence-corrected chi connectivity index (χ3v) is 7.33. The number of carbonyl (C=O) groups excluding carboxylic acids is 2. The second-order valence-electron chi connectivity index (χ2n) is 7.71. The van der Waals surface area contributed by atoms with E-state index >= 15 is 0 Å². The minimum Gasteiger partial charge on any atom is -0.493 e. The molecule has 2 heterocycles. The van der Waals surface area contributed by atoms with E-state index in [0.29, 0.717) is 33.0 Å². The van der Waals surface area contributed by atoms with Gasteiger partial charge in [-0.1, -0.05) is 42.1 Å². The van der Waals surface area contributed by atoms with Crippen molar-refractivity contribution < 1.29 is 23.8 Å². The number of carbonyl (C=O) groups is 2. The molecule has 37 heavy (non-hydrogen) atoms. The highest BCUT2D eigenvalue weighted by molar-refractivity contribution is 7.99. The van der Waals surface area contributed by atoms with Crippen LogP contribution in [-0.4, -0.2) is 53.2 Å². The number of thioether (sulfide) groups is 1. The van der Waals surface area contributed by atoms with Crippen molar-refractivity contribution in [3.05, 3.63) is 59.5 Å². The van der Waals surface area contributed by atoms with E-state index in [0.717, 1.165) is 16.7 Å². The Bertz CT molecular complexity index is 1400. The Labute approximate surface area is 222 Å². The smallest absolute Gasteiger partial charge is 0.341 e. The first-order chi connectivity index (χ1) is 18.0. The van der Waals surface area contributed by atoms with E-state index in [2.05, 4.69) is 15.5 Å². The summed E-state index contributed by atoms with van der Waals surface area (Å²) in [5.74, 6) is 1.16. The van der Waals surface area contributed by atoms with Crippen LogP contribution in [0.1, 0.15) is 17.3 Å². The van der Waals surface area contributed by atoms with Gasteiger partial charge in [0.1, 0.15) is 10.6 Å². The average molecular weight is 539 g/mol. The molecule has 11 heteroatoms. The van der Waals surface area contributed by atoms with Gasteiger partial charge in [0.15, 0.2) is 22.5 Å². The van der Waals surface area contributed by atoms with Crippen LogP contribution in [0.2, 0.25) is 0 Å². The molecule has 0 unspecified atom stereocenters. The quantitative estimate of drug-likeness (QED) is 0.219. The minimum atomic E-state index is -0.474. The van der Waals surface area contributed by atoms with Crippen LogP contribution in [0.4, 0.5) is 5.00 Å². The summed E-state index contributed by atoms with van der Waals surface area (Å²) in [4.78, 5) is 25.6. The van der Waals surface area contributed by atoms with Gasteiger partial charge in [-0.25, -0.2) is 4.79 Å². The summed E-state index contributed by atoms with van der Waals surface area (Å²) in [6.07, 6.45) is 0. The predicted molar refractivity (Wildman–Crippen MR) is 145 cm³/mol. The first-order valence-electron chi connectivity index (χ1n) is 11.3. The fourth-order valence-corrected chi connectivity index (χ4v) is 5.33. The van der Waals surface area contributed by atoms with Crippen molar-refractivity contribution in [2.45, 2.75) is 12.1 Å². The highest BCUT2D eigenvalue weighted by Crippen LogP contribution is 2.36. The summed E-state index contributed by atoms with van der Waals surface area (Å²) in [6.45, 7) is 1.99. The molecule has 192 valence electrons. The van der Waals surface area contributed by atoms with Crippen molar-refractivity contribution >= 4 is 40.0 Å². The molecule has 1 N–H and O–H groups in total. The number of esters is 1. The van der Waals surface area contributed by atoms with E-state index in [1.807, 2.05) is 59.5 Å². The monoisotopic (exact) mass is 538 g/mol. The molecule has 0 atom stereocenters. The molecule has 0 radical (unpaired) electrons. The molecule has 0 saturated carbocycles. The van der Waals surface area contributed by atoms with Crippen LogP contribution in [0.15, 0.2) is 59.1 Å². The van der Waals surface area contributed by atoms with E-state index in [9.17, 15) is 9.59 Å². The Balaban J connectivity index is 1.48. The molecule has 0 aliphatic carbocycles. The molecule has 9 nitrogen and oxygen atoms in total. The third-order valence-electron chi connectivity index (χ3n) is 5.42. The van der Waals surface area contributed by atoms with Crippen molar-refractivity contribution in [1.29, 1.82) is 0 Å². The third kappa shape index (κ3) is 5.78. The lowest BCUT2D eigenvalue weighted by Crippen LogP contribution is -2.16. The van der Waals surface area contributed by atoms with Crippen LogP contribution in [0.25, 0.3) is 22.5 Å². The fourth-order valence-electron chi connectivity index (χ4n) is 3.65. The van der Waals surface area contributed by atoms with Gasteiger partial charge in [-0.3, -0.25) is 4.79 Å². The molecule has 1 amide bonds. The number of amides is 1. The number of hydrogen-bond acceptors (Lipinski definition) is 9. The highest BCUT2D eigenvalue weighted by atomic mass is 32.2. The number of benzene rings is 2. The fraction of sp³-hybridized carbons (Fsp3) is 0.231. The largest absolute Gasteiger partial charge is 0.493 e. The average Bonchev–Trinajstić information content (AvgIpc) is 3.50. The first-order valence-corrected chi connectivity index (χ1v) is 13.2. The maximum atomic E-state index is 12.8. The van der Waals surface area contributed by atoms with Crippen molar-refractivity contribution in [3.8, 4) is 34.0 Å². The van der Waals surface area contributed by atoms with Gasteiger partial charge in [-0.15, -0.1) is 21.5 Å². The Kier molecular flexibility index (Phi) is 8.47. The van der Waals surface area contributed by atoms with E-state index in [4.69, 9.17) is 14.2 Å². The summed E-state index contributed by atoms with van der Waals surface area (Å²) in [5, 5.41) is 14.3. The molecule has 0 aliphatic heterocycles. The van der Waals surface area contributed by atoms with E-state index < -0.39 is 5.97 Å². The lowest BCUT2D eigenvalue weighted by molar-refractivity contribution is -0.113. The number of aromatic nitrogens is 3. The van der Waals surface area contributed by atoms with Gasteiger partial charge in [0.05, 0.1) is 26.6 Å². The summed E-state index contributed by atoms with van der Waals surface area (Å²) < 4.78 is 17.7. The van der Waals surface area contributed by atoms with Gasteiger partial charge in [-0.05, 0) is 30.7 Å². The molecule has 0 saturated heterocycles. The second kappa shape index (κ2) is 11.9. The number of rotatable bonds is 10. The lowest BCUT2D eigenvalue weighted by atomic mass is 10.0. The Morgan fingerprint density at radius 3 is 2.49 bits per heavy atom. The zero-order chi connectivity index (χ0) is 26.4. The normalized spacial score (nSPS) is 10.7. The summed E-state index contributed by atoms with van der Waals surface area (Å²) in [7, 11) is 4.98. The van der Waals surface area contributed by atoms with Gasteiger partial charge < -0.3 is 24.1 Å². The molecular weight excluding hydrogens is 512 g/mol. The number of ether oxygens (including phenoxy) is 3. The second-order valence-corrected chi connectivity index (χ2v) is 9.53. The maximum absolute atomic E-state index is 12.8. The number of nitrogens with one attached hydrogen (secondary N) is 1. The Morgan fingerprint density at radius 2 is 1.78 bits per heavy atom. The van der Waals surface area contributed by atoms with Crippen molar-refractivity contribution in [1.82, 2.24) is 14.8 Å². The van der Waals surface area contributed by atoms with Crippen molar-refractivity contribution in [2.24, 2.45) is 7.05 Å². The summed E-state index contributed by atoms with van der Waals surface area (Å²) >= 11 is 2.53. The zero-order valence-corrected chi connectivity index (χ0v) is 22.4. The highest BCUT2D eigenvalue weighted by Gasteiger charge is 2.23. The predicted octanol–water partition coefficient (Wildman–Crippen LogP) is 5.14. The standard InChI is InChI=1S/C26H26N4O5S2/c1-5-35-25(32)22-18(16-9-7-6-8-10-16)14-36-24(22)27-21(31)15-37-26-29-28-23(30(26)2)17-11-12-19(33-3)20(13-17)34-4/h6-14H,5,15H2,1-4H3,(H,27,31). The topological polar surface area (TPSA) is 105 Å². The van der Waals surface area contributed by atoms with Crippen LogP contribution < -0.4 is 14.8 Å². The SMILES string of the molecule is CCOC(=O)c1c(-c2ccccc2)csc1NC(=O)CSc1nnc(-c2ccc(OC)c(OC)c2)n1C. The Hall–Kier alpha value is -3.83. The molecule has 0 bridgehead atoms. The number of methoxy groups -OCH3 is 2. The van der Waals surface area contributed by atoms with Crippen LogP contribution >= 0.6 is 23.1 Å². The van der Waals surface area contributed by atoms with Gasteiger partial charge >= 0.3 is 5.97 Å². The molecule has 0 fully saturated rings. The van der Waals surface area contributed by atoms with Gasteiger partial charge in [0, 0.05) is 23.6 Å². The van der Waals surface area contributed by atoms with E-state index in [1.165, 1.54) is 23.1 Å². The zero-order valence-electron chi connectivity index (χ0n) is 20.8. The number of hydrogen-bond donors (Lipinski definition) is 1.